The van der Waals surface area contributed by atoms with Crippen LogP contribution in [0.15, 0.2) is 36.4 Å². The molecule has 12 heteroatoms. The Morgan fingerprint density at radius 2 is 1.79 bits per heavy atom. The van der Waals surface area contributed by atoms with Crippen LogP contribution in [0.3, 0.4) is 0 Å². The molecule has 4 saturated carbocycles. The van der Waals surface area contributed by atoms with Crippen LogP contribution >= 0.6 is 23.2 Å². The van der Waals surface area contributed by atoms with E-state index in [2.05, 4.69) is 10.6 Å². The second-order valence-electron chi connectivity index (χ2n) is 10.5. The minimum Gasteiger partial charge on any atom is -0.484 e. The van der Waals surface area contributed by atoms with Crippen molar-refractivity contribution < 1.29 is 32.6 Å². The molecular weight excluding hydrogens is 543 g/mol. The van der Waals surface area contributed by atoms with Crippen molar-refractivity contribution in [2.24, 2.45) is 5.92 Å². The van der Waals surface area contributed by atoms with E-state index in [4.69, 9.17) is 32.7 Å². The van der Waals surface area contributed by atoms with Gasteiger partial charge in [-0.05, 0) is 56.0 Å². The summed E-state index contributed by atoms with van der Waals surface area (Å²) < 4.78 is 38.4. The fraction of sp³-hybridized carbons (Fsp3) is 0.423. The van der Waals surface area contributed by atoms with Gasteiger partial charge < -0.3 is 25.0 Å². The zero-order chi connectivity index (χ0) is 26.8. The van der Waals surface area contributed by atoms with Crippen LogP contribution in [0.4, 0.5) is 14.5 Å². The molecule has 8 nitrogen and oxygen atoms in total. The predicted octanol–water partition coefficient (Wildman–Crippen LogP) is 3.57. The van der Waals surface area contributed by atoms with Crippen molar-refractivity contribution in [1.29, 1.82) is 0 Å². The Bertz CT molecular complexity index is 1340. The third-order valence-corrected chi connectivity index (χ3v) is 8.04. The number of amides is 3. The maximum atomic E-state index is 13.6. The van der Waals surface area contributed by atoms with Gasteiger partial charge in [0.2, 0.25) is 5.91 Å². The van der Waals surface area contributed by atoms with E-state index in [1.54, 1.807) is 18.2 Å². The third-order valence-electron chi connectivity index (χ3n) is 7.50. The molecule has 0 spiro atoms. The van der Waals surface area contributed by atoms with Crippen molar-refractivity contribution in [3.8, 4) is 11.5 Å². The molecule has 3 amide bonds. The molecule has 4 fully saturated rings. The highest BCUT2D eigenvalue weighted by atomic mass is 35.5. The van der Waals surface area contributed by atoms with Crippen LogP contribution in [0, 0.1) is 11.7 Å². The summed E-state index contributed by atoms with van der Waals surface area (Å²) in [5.41, 5.74) is -0.481. The number of benzene rings is 2. The normalized spacial score (nSPS) is 30.1. The van der Waals surface area contributed by atoms with Crippen LogP contribution in [-0.2, 0) is 14.4 Å². The van der Waals surface area contributed by atoms with Crippen LogP contribution in [0.2, 0.25) is 10.0 Å². The van der Waals surface area contributed by atoms with E-state index in [0.29, 0.717) is 35.7 Å². The maximum absolute atomic E-state index is 13.6. The summed E-state index contributed by atoms with van der Waals surface area (Å²) in [6.07, 6.45) is -0.357. The van der Waals surface area contributed by atoms with Crippen molar-refractivity contribution >= 4 is 46.6 Å². The van der Waals surface area contributed by atoms with Crippen LogP contribution < -0.4 is 25.0 Å². The maximum Gasteiger partial charge on any atom is 0.263 e. The number of halogens is 4. The number of fused-ring (bicyclic) bond motifs is 1. The lowest BCUT2D eigenvalue weighted by atomic mass is 9.44. The molecule has 0 radical (unpaired) electrons. The van der Waals surface area contributed by atoms with Crippen LogP contribution in [0.5, 0.6) is 11.5 Å². The Morgan fingerprint density at radius 3 is 2.47 bits per heavy atom. The molecule has 4 aliphatic carbocycles. The predicted molar refractivity (Wildman–Crippen MR) is 134 cm³/mol. The molecule has 2 bridgehead atoms. The largest absolute Gasteiger partial charge is 0.484 e. The molecular formula is C26H23Cl2F2N3O5. The van der Waals surface area contributed by atoms with Crippen molar-refractivity contribution in [1.82, 2.24) is 10.6 Å². The summed E-state index contributed by atoms with van der Waals surface area (Å²) in [5.74, 6) is -1.97. The standard InChI is InChI=1S/C26H23Cl2F2N3O5/c27-13-1-4-20-19(5-13)33(24(36)15-7-17(15)29)8-21(38-20)23(35)32-26-10-25(11-26,12-26)31-22(34)9-37-14-2-3-16(28)18(30)6-14/h1-6,15,17,21H,7-12H2,(H,31,34)(H,32,35)/t15-,17+,21+,25?,26?/m0/s1. The molecule has 3 atom stereocenters. The topological polar surface area (TPSA) is 97.0 Å². The Hall–Kier alpha value is -3.11. The molecule has 1 heterocycles. The average Bonchev–Trinajstić information content (AvgIpc) is 3.57. The van der Waals surface area contributed by atoms with Crippen molar-refractivity contribution in [2.75, 3.05) is 18.1 Å². The Balaban J connectivity index is 1.03. The quantitative estimate of drug-likeness (QED) is 0.535. The minimum absolute atomic E-state index is 0.0362. The zero-order valence-corrected chi connectivity index (χ0v) is 21.5. The number of carbonyl (C=O) groups excluding carboxylic acids is 3. The SMILES string of the molecule is O=C(COc1ccc(Cl)c(F)c1)NC12CC(NC(=O)[C@H]3CN(C(=O)[C@H]4C[C@H]4F)c4cc(Cl)ccc4O3)(C1)C2. The molecule has 0 unspecified atom stereocenters. The second kappa shape index (κ2) is 8.98. The van der Waals surface area contributed by atoms with E-state index in [1.165, 1.54) is 17.0 Å². The summed E-state index contributed by atoms with van der Waals surface area (Å²) in [6, 6.07) is 8.68. The summed E-state index contributed by atoms with van der Waals surface area (Å²) in [4.78, 5) is 39.8. The molecule has 38 heavy (non-hydrogen) atoms. The summed E-state index contributed by atoms with van der Waals surface area (Å²) in [6.45, 7) is -0.339. The lowest BCUT2D eigenvalue weighted by Gasteiger charge is -2.70. The number of hydrogen-bond acceptors (Lipinski definition) is 5. The van der Waals surface area contributed by atoms with E-state index in [1.807, 2.05) is 0 Å². The van der Waals surface area contributed by atoms with Gasteiger partial charge in [0.25, 0.3) is 11.8 Å². The van der Waals surface area contributed by atoms with E-state index in [-0.39, 0.29) is 42.2 Å². The summed E-state index contributed by atoms with van der Waals surface area (Å²) in [7, 11) is 0. The third kappa shape index (κ3) is 4.53. The van der Waals surface area contributed by atoms with Crippen molar-refractivity contribution in [2.45, 2.75) is 49.0 Å². The van der Waals surface area contributed by atoms with E-state index in [9.17, 15) is 23.2 Å². The number of ether oxygens (including phenoxy) is 2. The van der Waals surface area contributed by atoms with Crippen molar-refractivity contribution in [3.05, 3.63) is 52.3 Å². The number of nitrogens with one attached hydrogen (secondary N) is 2. The van der Waals surface area contributed by atoms with Gasteiger partial charge in [0.05, 0.1) is 23.2 Å². The van der Waals surface area contributed by atoms with Gasteiger partial charge in [-0.3, -0.25) is 14.4 Å². The van der Waals surface area contributed by atoms with Gasteiger partial charge in [0, 0.05) is 22.2 Å². The number of alkyl halides is 1. The fourth-order valence-corrected chi connectivity index (χ4v) is 5.95. The second-order valence-corrected chi connectivity index (χ2v) is 11.4. The molecule has 7 rings (SSSR count). The van der Waals surface area contributed by atoms with Gasteiger partial charge in [-0.15, -0.1) is 0 Å². The molecule has 2 N–H and O–H groups in total. The highest BCUT2D eigenvalue weighted by Crippen LogP contribution is 2.60. The number of nitrogens with zero attached hydrogens (tertiary/aromatic N) is 1. The highest BCUT2D eigenvalue weighted by Gasteiger charge is 2.69. The Kier molecular flexibility index (Phi) is 5.95. The molecule has 0 aromatic heterocycles. The highest BCUT2D eigenvalue weighted by molar-refractivity contribution is 6.31. The lowest BCUT2D eigenvalue weighted by molar-refractivity contribution is -0.153. The first-order chi connectivity index (χ1) is 18.1. The van der Waals surface area contributed by atoms with Gasteiger partial charge in [-0.2, -0.15) is 0 Å². The van der Waals surface area contributed by atoms with Crippen LogP contribution in [0.1, 0.15) is 25.7 Å². The van der Waals surface area contributed by atoms with E-state index in [0.717, 1.165) is 6.07 Å². The number of rotatable bonds is 7. The monoisotopic (exact) mass is 565 g/mol. The van der Waals surface area contributed by atoms with E-state index >= 15 is 0 Å². The molecule has 2 aromatic rings. The first-order valence-electron chi connectivity index (χ1n) is 12.2. The lowest BCUT2D eigenvalue weighted by Crippen LogP contribution is -2.84. The van der Waals surface area contributed by atoms with Crippen LogP contribution in [0.25, 0.3) is 0 Å². The first-order valence-corrected chi connectivity index (χ1v) is 12.9. The minimum atomic E-state index is -1.18. The van der Waals surface area contributed by atoms with Gasteiger partial charge in [0.1, 0.15) is 23.5 Å². The first kappa shape index (κ1) is 25.2. The van der Waals surface area contributed by atoms with Crippen LogP contribution in [-0.4, -0.2) is 54.2 Å². The molecule has 2 aromatic carbocycles. The molecule has 5 aliphatic rings. The summed E-state index contributed by atoms with van der Waals surface area (Å²) in [5, 5.41) is 6.30. The van der Waals surface area contributed by atoms with E-state index < -0.39 is 41.0 Å². The number of hydrogen-bond donors (Lipinski definition) is 2. The van der Waals surface area contributed by atoms with Gasteiger partial charge >= 0.3 is 0 Å². The van der Waals surface area contributed by atoms with Gasteiger partial charge in [0.15, 0.2) is 12.7 Å². The van der Waals surface area contributed by atoms with Gasteiger partial charge in [-0.25, -0.2) is 8.78 Å². The molecule has 1 aliphatic heterocycles. The zero-order valence-electron chi connectivity index (χ0n) is 19.9. The fourth-order valence-electron chi connectivity index (χ4n) is 5.66. The number of carbonyl (C=O) groups is 3. The average molecular weight is 566 g/mol. The Labute approximate surface area is 226 Å². The van der Waals surface area contributed by atoms with Gasteiger partial charge in [-0.1, -0.05) is 23.2 Å². The number of anilines is 1. The summed E-state index contributed by atoms with van der Waals surface area (Å²) >= 11 is 11.7. The Morgan fingerprint density at radius 1 is 1.08 bits per heavy atom. The van der Waals surface area contributed by atoms with Crippen molar-refractivity contribution in [3.63, 3.8) is 0 Å². The smallest absolute Gasteiger partial charge is 0.263 e. The molecule has 0 saturated heterocycles. The molecule has 200 valence electrons.